The Morgan fingerprint density at radius 1 is 1.10 bits per heavy atom. The molecule has 4 aliphatic heterocycles. The van der Waals surface area contributed by atoms with Gasteiger partial charge in [0, 0.05) is 47.0 Å². The fraction of sp³-hybridized carbons (Fsp3) is 0.395. The average Bonchev–Trinajstić information content (AvgIpc) is 3.59. The Morgan fingerprint density at radius 2 is 1.84 bits per heavy atom. The SMILES string of the molecule is COc1c(C)cc2c(c1O)[C@@H]1C3Cc4c(O)c(C)c5c(c4[C@H](CNC(=O)[C@H](C)NC(=O)/C=C/c4ccccc4)N3[C@@H](C#N)[C@H](C2)N1C)OCO5. The zero-order chi connectivity index (χ0) is 35.4. The maximum Gasteiger partial charge on any atom is 0.244 e. The number of carbonyl (C=O) groups excluding carboxylic acids is 2. The molecule has 4 N–H and O–H groups in total. The fourth-order valence-corrected chi connectivity index (χ4v) is 8.46. The number of methoxy groups -OCH3 is 1. The number of phenols is 2. The quantitative estimate of drug-likeness (QED) is 0.273. The van der Waals surface area contributed by atoms with Crippen LogP contribution in [0, 0.1) is 25.2 Å². The van der Waals surface area contributed by atoms with E-state index in [0.29, 0.717) is 46.8 Å². The molecule has 0 aromatic heterocycles. The van der Waals surface area contributed by atoms with Gasteiger partial charge in [-0.1, -0.05) is 36.4 Å². The van der Waals surface area contributed by atoms with Crippen LogP contribution in [0.1, 0.15) is 58.0 Å². The minimum Gasteiger partial charge on any atom is -0.507 e. The lowest BCUT2D eigenvalue weighted by molar-refractivity contribution is -0.127. The summed E-state index contributed by atoms with van der Waals surface area (Å²) in [6.07, 6.45) is 3.93. The molecule has 1 fully saturated rings. The number of nitrogens with one attached hydrogen (secondary N) is 2. The number of phenolic OH excluding ortho intramolecular Hbond substituents is 2. The number of hydrogen-bond donors (Lipinski definition) is 4. The van der Waals surface area contributed by atoms with Gasteiger partial charge in [0.2, 0.25) is 18.6 Å². The minimum atomic E-state index is -0.864. The zero-order valence-corrected chi connectivity index (χ0v) is 28.7. The van der Waals surface area contributed by atoms with Crippen LogP contribution in [0.4, 0.5) is 0 Å². The van der Waals surface area contributed by atoms with Crippen molar-refractivity contribution in [3.05, 3.63) is 81.4 Å². The van der Waals surface area contributed by atoms with Crippen molar-refractivity contribution in [2.45, 2.75) is 69.9 Å². The van der Waals surface area contributed by atoms with Crippen molar-refractivity contribution in [1.82, 2.24) is 20.4 Å². The number of nitriles is 1. The molecule has 4 heterocycles. The molecule has 3 aromatic carbocycles. The highest BCUT2D eigenvalue weighted by molar-refractivity contribution is 5.95. The molecule has 7 rings (SSSR count). The van der Waals surface area contributed by atoms with Crippen LogP contribution in [-0.2, 0) is 22.4 Å². The number of piperazine rings is 1. The van der Waals surface area contributed by atoms with Crippen molar-refractivity contribution in [1.29, 1.82) is 5.26 Å². The Morgan fingerprint density at radius 3 is 2.56 bits per heavy atom. The molecule has 2 amide bonds. The maximum absolute atomic E-state index is 13.5. The normalized spacial score (nSPS) is 24.0. The highest BCUT2D eigenvalue weighted by Gasteiger charge is 2.56. The standard InChI is InChI=1S/C38H41N5O7/c1-19-13-23-14-25-27(16-39)43-26(32(42(25)4)30(23)34(46)35(19)48-5)15-24-31(37-36(49-18-50-37)20(2)33(24)45)28(43)17-40-38(47)21(3)41-29(44)12-11-22-9-7-6-8-10-22/h6-13,21,25-28,32,45-46H,14-15,17-18H2,1-5H3,(H,40,47)(H,41,44)/b12-11+/t21-,25-,26?,27-,28-,32-/m0/s1. The van der Waals surface area contributed by atoms with Crippen LogP contribution in [-0.4, -0.2) is 83.5 Å². The first-order chi connectivity index (χ1) is 24.0. The summed E-state index contributed by atoms with van der Waals surface area (Å²) in [5.74, 6) is 0.651. The summed E-state index contributed by atoms with van der Waals surface area (Å²) in [5.41, 5.74) is 5.22. The Bertz CT molecular complexity index is 1940. The Kier molecular flexibility index (Phi) is 8.58. The third kappa shape index (κ3) is 5.28. The largest absolute Gasteiger partial charge is 0.507 e. The fourth-order valence-electron chi connectivity index (χ4n) is 8.46. The summed E-state index contributed by atoms with van der Waals surface area (Å²) in [6.45, 7) is 5.31. The number of benzene rings is 3. The topological polar surface area (TPSA) is 157 Å². The van der Waals surface area contributed by atoms with E-state index in [1.54, 1.807) is 19.9 Å². The first kappa shape index (κ1) is 33.3. The van der Waals surface area contributed by atoms with Crippen LogP contribution in [0.5, 0.6) is 28.7 Å². The van der Waals surface area contributed by atoms with Crippen LogP contribution in [0.25, 0.3) is 6.08 Å². The summed E-state index contributed by atoms with van der Waals surface area (Å²) in [5, 5.41) is 39.9. The van der Waals surface area contributed by atoms with Crippen LogP contribution >= 0.6 is 0 Å². The number of ether oxygens (including phenoxy) is 3. The van der Waals surface area contributed by atoms with Crippen molar-refractivity contribution in [3.8, 4) is 34.8 Å². The first-order valence-electron chi connectivity index (χ1n) is 16.8. The van der Waals surface area contributed by atoms with E-state index < -0.39 is 36.0 Å². The smallest absolute Gasteiger partial charge is 0.244 e. The molecule has 2 bridgehead atoms. The van der Waals surface area contributed by atoms with E-state index in [1.165, 1.54) is 13.2 Å². The van der Waals surface area contributed by atoms with Crippen LogP contribution in [0.3, 0.4) is 0 Å². The van der Waals surface area contributed by atoms with Crippen molar-refractivity contribution in [2.75, 3.05) is 27.5 Å². The van der Waals surface area contributed by atoms with Crippen molar-refractivity contribution in [2.24, 2.45) is 0 Å². The van der Waals surface area contributed by atoms with Gasteiger partial charge in [-0.05, 0) is 63.4 Å². The Balaban J connectivity index is 1.26. The van der Waals surface area contributed by atoms with Gasteiger partial charge >= 0.3 is 0 Å². The Labute approximate surface area is 290 Å². The number of rotatable bonds is 7. The predicted octanol–water partition coefficient (Wildman–Crippen LogP) is 3.56. The van der Waals surface area contributed by atoms with Gasteiger partial charge in [0.1, 0.15) is 17.8 Å². The van der Waals surface area contributed by atoms with E-state index in [0.717, 1.165) is 22.3 Å². The molecule has 6 atom stereocenters. The molecule has 0 aliphatic carbocycles. The van der Waals surface area contributed by atoms with E-state index in [2.05, 4.69) is 26.5 Å². The van der Waals surface area contributed by atoms with Crippen molar-refractivity contribution >= 4 is 17.9 Å². The number of carbonyl (C=O) groups is 2. The summed E-state index contributed by atoms with van der Waals surface area (Å²) in [7, 11) is 3.50. The van der Waals surface area contributed by atoms with Gasteiger partial charge in [-0.3, -0.25) is 19.4 Å². The number of aryl methyl sites for hydroxylation is 1. The first-order valence-corrected chi connectivity index (χ1v) is 16.8. The summed E-state index contributed by atoms with van der Waals surface area (Å²) in [6, 6.07) is 10.9. The third-order valence-electron chi connectivity index (χ3n) is 10.7. The number of likely N-dealkylation sites (N-methyl/N-ethyl adjacent to an activating group) is 1. The minimum absolute atomic E-state index is 0.0236. The van der Waals surface area contributed by atoms with Crippen molar-refractivity contribution < 1.29 is 34.0 Å². The highest BCUT2D eigenvalue weighted by Crippen LogP contribution is 2.58. The van der Waals surface area contributed by atoms with Crippen molar-refractivity contribution in [3.63, 3.8) is 0 Å². The maximum atomic E-state index is 13.5. The molecule has 3 aromatic rings. The van der Waals surface area contributed by atoms with E-state index in [9.17, 15) is 25.1 Å². The molecule has 1 saturated heterocycles. The predicted molar refractivity (Wildman–Crippen MR) is 184 cm³/mol. The van der Waals surface area contributed by atoms with Crippen LogP contribution in [0.15, 0.2) is 42.5 Å². The molecule has 0 radical (unpaired) electrons. The van der Waals surface area contributed by atoms with Gasteiger partial charge in [-0.2, -0.15) is 5.26 Å². The van der Waals surface area contributed by atoms with Gasteiger partial charge in [0.25, 0.3) is 0 Å². The number of fused-ring (bicyclic) bond motifs is 9. The van der Waals surface area contributed by atoms with Gasteiger partial charge < -0.3 is 35.1 Å². The summed E-state index contributed by atoms with van der Waals surface area (Å²) in [4.78, 5) is 30.5. The monoisotopic (exact) mass is 679 g/mol. The van der Waals surface area contributed by atoms with Crippen LogP contribution in [0.2, 0.25) is 0 Å². The lowest BCUT2D eigenvalue weighted by atomic mass is 9.71. The van der Waals surface area contributed by atoms with E-state index in [4.69, 9.17) is 14.2 Å². The van der Waals surface area contributed by atoms with E-state index in [1.807, 2.05) is 50.4 Å². The number of amides is 2. The molecular formula is C38H41N5O7. The molecule has 12 heteroatoms. The highest BCUT2D eigenvalue weighted by atomic mass is 16.7. The van der Waals surface area contributed by atoms with Crippen LogP contribution < -0.4 is 24.8 Å². The molecular weight excluding hydrogens is 638 g/mol. The van der Waals surface area contributed by atoms with Gasteiger partial charge in [0.15, 0.2) is 23.0 Å². The second-order valence-electron chi connectivity index (χ2n) is 13.5. The second kappa shape index (κ2) is 12.9. The average molecular weight is 680 g/mol. The molecule has 1 unspecified atom stereocenters. The van der Waals surface area contributed by atoms with Gasteiger partial charge in [-0.25, -0.2) is 0 Å². The molecule has 4 aliphatic rings. The number of aromatic hydroxyl groups is 2. The third-order valence-corrected chi connectivity index (χ3v) is 10.7. The lowest BCUT2D eigenvalue weighted by Crippen LogP contribution is -2.68. The van der Waals surface area contributed by atoms with E-state index >= 15 is 0 Å². The molecule has 12 nitrogen and oxygen atoms in total. The second-order valence-corrected chi connectivity index (χ2v) is 13.5. The summed E-state index contributed by atoms with van der Waals surface area (Å²) < 4.78 is 17.5. The lowest BCUT2D eigenvalue weighted by Gasteiger charge is -2.60. The van der Waals surface area contributed by atoms with E-state index in [-0.39, 0.29) is 36.9 Å². The number of hydrogen-bond acceptors (Lipinski definition) is 10. The molecule has 50 heavy (non-hydrogen) atoms. The van der Waals surface area contributed by atoms with Gasteiger partial charge in [-0.15, -0.1) is 0 Å². The summed E-state index contributed by atoms with van der Waals surface area (Å²) >= 11 is 0. The number of nitrogens with zero attached hydrogens (tertiary/aromatic N) is 3. The Hall–Kier alpha value is -5.25. The zero-order valence-electron chi connectivity index (χ0n) is 28.7. The molecule has 260 valence electrons. The molecule has 0 saturated carbocycles. The molecule has 0 spiro atoms. The van der Waals surface area contributed by atoms with Gasteiger partial charge in [0.05, 0.1) is 25.3 Å².